The van der Waals surface area contributed by atoms with Crippen molar-refractivity contribution in [3.63, 3.8) is 0 Å². The molecule has 82 valence electrons. The van der Waals surface area contributed by atoms with Gasteiger partial charge in [-0.1, -0.05) is 41.9 Å². The third kappa shape index (κ3) is 1.74. The van der Waals surface area contributed by atoms with Crippen LogP contribution in [0.2, 0.25) is 0 Å². The van der Waals surface area contributed by atoms with Gasteiger partial charge >= 0.3 is 0 Å². The molecule has 0 bridgehead atoms. The Morgan fingerprint density at radius 2 is 2.00 bits per heavy atom. The molecule has 2 heteroatoms. The van der Waals surface area contributed by atoms with Gasteiger partial charge in [0.15, 0.2) is 0 Å². The lowest BCUT2D eigenvalue weighted by Crippen LogP contribution is -2.21. The predicted octanol–water partition coefficient (Wildman–Crippen LogP) is 3.32. The minimum Gasteiger partial charge on any atom is -0.330 e. The predicted molar refractivity (Wildman–Crippen MR) is 67.8 cm³/mol. The summed E-state index contributed by atoms with van der Waals surface area (Å²) in [5.74, 6) is 1.35. The maximum absolute atomic E-state index is 5.81. The molecule has 0 saturated heterocycles. The Labute approximate surface area is 100 Å². The van der Waals surface area contributed by atoms with Gasteiger partial charge in [-0.3, -0.25) is 0 Å². The second-order valence-electron chi connectivity index (χ2n) is 4.84. The van der Waals surface area contributed by atoms with E-state index in [1.807, 2.05) is 0 Å². The number of hydrogen-bond donors (Lipinski definition) is 1. The van der Waals surface area contributed by atoms with Gasteiger partial charge in [-0.25, -0.2) is 0 Å². The highest BCUT2D eigenvalue weighted by molar-refractivity contribution is 9.10. The molecule has 1 saturated carbocycles. The minimum absolute atomic E-state index is 0.357. The molecule has 1 aromatic carbocycles. The molecule has 0 aromatic heterocycles. The van der Waals surface area contributed by atoms with Crippen LogP contribution in [0.1, 0.15) is 25.8 Å². The van der Waals surface area contributed by atoms with Crippen LogP contribution < -0.4 is 5.73 Å². The van der Waals surface area contributed by atoms with Crippen molar-refractivity contribution < 1.29 is 0 Å². The molecule has 1 nitrogen and oxygen atoms in total. The molecule has 0 amide bonds. The molecule has 1 aliphatic carbocycles. The van der Waals surface area contributed by atoms with Crippen LogP contribution in [0.5, 0.6) is 0 Å². The first-order valence-electron chi connectivity index (χ1n) is 5.57. The van der Waals surface area contributed by atoms with E-state index in [-0.39, 0.29) is 0 Å². The molecule has 0 aliphatic heterocycles. The largest absolute Gasteiger partial charge is 0.330 e. The summed E-state index contributed by atoms with van der Waals surface area (Å²) in [4.78, 5) is 0. The summed E-state index contributed by atoms with van der Waals surface area (Å²) in [6.07, 6.45) is 1.25. The van der Waals surface area contributed by atoms with E-state index in [0.29, 0.717) is 17.3 Å². The SMILES string of the molecule is CC(C)C1(c2ccc(Br)cc2)C[C@H]1CN. The molecule has 2 N–H and O–H groups in total. The quantitative estimate of drug-likeness (QED) is 0.894. The summed E-state index contributed by atoms with van der Waals surface area (Å²) in [6.45, 7) is 5.42. The Balaban J connectivity index is 2.32. The molecule has 1 fully saturated rings. The second kappa shape index (κ2) is 3.91. The monoisotopic (exact) mass is 267 g/mol. The van der Waals surface area contributed by atoms with Crippen LogP contribution in [0.4, 0.5) is 0 Å². The molecule has 0 radical (unpaired) electrons. The number of nitrogens with two attached hydrogens (primary N) is 1. The molecule has 15 heavy (non-hydrogen) atoms. The van der Waals surface area contributed by atoms with Crippen LogP contribution in [-0.4, -0.2) is 6.54 Å². The van der Waals surface area contributed by atoms with Crippen LogP contribution in [0.3, 0.4) is 0 Å². The molecular weight excluding hydrogens is 250 g/mol. The highest BCUT2D eigenvalue weighted by atomic mass is 79.9. The van der Waals surface area contributed by atoms with E-state index < -0.39 is 0 Å². The van der Waals surface area contributed by atoms with Gasteiger partial charge in [0, 0.05) is 9.89 Å². The zero-order chi connectivity index (χ0) is 11.1. The molecule has 0 heterocycles. The Morgan fingerprint density at radius 1 is 1.40 bits per heavy atom. The summed E-state index contributed by atoms with van der Waals surface area (Å²) >= 11 is 3.48. The zero-order valence-corrected chi connectivity index (χ0v) is 10.9. The lowest BCUT2D eigenvalue weighted by atomic mass is 9.83. The van der Waals surface area contributed by atoms with E-state index in [9.17, 15) is 0 Å². The van der Waals surface area contributed by atoms with Crippen molar-refractivity contribution in [1.29, 1.82) is 0 Å². The van der Waals surface area contributed by atoms with E-state index in [1.165, 1.54) is 12.0 Å². The summed E-state index contributed by atoms with van der Waals surface area (Å²) in [5, 5.41) is 0. The van der Waals surface area contributed by atoms with E-state index in [4.69, 9.17) is 5.73 Å². The Hall–Kier alpha value is -0.340. The number of halogens is 1. The van der Waals surface area contributed by atoms with Crippen molar-refractivity contribution in [1.82, 2.24) is 0 Å². The molecule has 1 aromatic rings. The lowest BCUT2D eigenvalue weighted by Gasteiger charge is -2.22. The number of rotatable bonds is 3. The van der Waals surface area contributed by atoms with Crippen molar-refractivity contribution in [2.45, 2.75) is 25.7 Å². The zero-order valence-electron chi connectivity index (χ0n) is 9.33. The molecular formula is C13H18BrN. The summed E-state index contributed by atoms with van der Waals surface area (Å²) in [5.41, 5.74) is 7.62. The van der Waals surface area contributed by atoms with E-state index in [1.54, 1.807) is 0 Å². The fourth-order valence-electron chi connectivity index (χ4n) is 2.80. The van der Waals surface area contributed by atoms with Gasteiger partial charge in [0.2, 0.25) is 0 Å². The van der Waals surface area contributed by atoms with Crippen LogP contribution in [-0.2, 0) is 5.41 Å². The van der Waals surface area contributed by atoms with Gasteiger partial charge in [0.25, 0.3) is 0 Å². The topological polar surface area (TPSA) is 26.0 Å². The van der Waals surface area contributed by atoms with Crippen LogP contribution >= 0.6 is 15.9 Å². The third-order valence-electron chi connectivity index (χ3n) is 3.85. The van der Waals surface area contributed by atoms with Gasteiger partial charge < -0.3 is 5.73 Å². The number of benzene rings is 1. The van der Waals surface area contributed by atoms with Crippen LogP contribution in [0.25, 0.3) is 0 Å². The van der Waals surface area contributed by atoms with Gasteiger partial charge in [0.05, 0.1) is 0 Å². The van der Waals surface area contributed by atoms with Crippen LogP contribution in [0.15, 0.2) is 28.7 Å². The standard InChI is InChI=1S/C13H18BrN/c1-9(2)13(7-11(13)8-15)10-3-5-12(14)6-4-10/h3-6,9,11H,7-8,15H2,1-2H3/t11-,13?/m0/s1. The van der Waals surface area contributed by atoms with E-state index in [2.05, 4.69) is 54.0 Å². The Bertz CT molecular complexity index is 344. The summed E-state index contributed by atoms with van der Waals surface area (Å²) in [7, 11) is 0. The van der Waals surface area contributed by atoms with Crippen LogP contribution in [0, 0.1) is 11.8 Å². The molecule has 0 spiro atoms. The van der Waals surface area contributed by atoms with E-state index in [0.717, 1.165) is 11.0 Å². The average Bonchev–Trinajstić information content (AvgIpc) is 2.94. The molecule has 1 unspecified atom stereocenters. The second-order valence-corrected chi connectivity index (χ2v) is 5.75. The van der Waals surface area contributed by atoms with Gasteiger partial charge in [-0.05, 0) is 42.5 Å². The van der Waals surface area contributed by atoms with Gasteiger partial charge in [-0.15, -0.1) is 0 Å². The third-order valence-corrected chi connectivity index (χ3v) is 4.38. The Kier molecular flexibility index (Phi) is 2.91. The maximum atomic E-state index is 5.81. The van der Waals surface area contributed by atoms with Crippen molar-refractivity contribution in [3.8, 4) is 0 Å². The average molecular weight is 268 g/mol. The fourth-order valence-corrected chi connectivity index (χ4v) is 3.06. The molecule has 2 rings (SSSR count). The first-order chi connectivity index (χ1) is 7.11. The maximum Gasteiger partial charge on any atom is 0.0175 e. The smallest absolute Gasteiger partial charge is 0.0175 e. The summed E-state index contributed by atoms with van der Waals surface area (Å²) < 4.78 is 1.15. The lowest BCUT2D eigenvalue weighted by molar-refractivity contribution is 0.442. The Morgan fingerprint density at radius 3 is 2.40 bits per heavy atom. The first kappa shape index (κ1) is 11.2. The van der Waals surface area contributed by atoms with Crippen molar-refractivity contribution in [2.24, 2.45) is 17.6 Å². The number of hydrogen-bond acceptors (Lipinski definition) is 1. The highest BCUT2D eigenvalue weighted by Gasteiger charge is 2.55. The van der Waals surface area contributed by atoms with Crippen molar-refractivity contribution in [2.75, 3.05) is 6.54 Å². The minimum atomic E-state index is 0.357. The fraction of sp³-hybridized carbons (Fsp3) is 0.538. The highest BCUT2D eigenvalue weighted by Crippen LogP contribution is 2.58. The normalized spacial score (nSPS) is 29.5. The van der Waals surface area contributed by atoms with E-state index >= 15 is 0 Å². The molecule has 1 aliphatic rings. The van der Waals surface area contributed by atoms with Gasteiger partial charge in [0.1, 0.15) is 0 Å². The van der Waals surface area contributed by atoms with Crippen molar-refractivity contribution in [3.05, 3.63) is 34.3 Å². The van der Waals surface area contributed by atoms with Crippen molar-refractivity contribution >= 4 is 15.9 Å². The molecule has 2 atom stereocenters. The summed E-state index contributed by atoms with van der Waals surface area (Å²) in [6, 6.07) is 8.73. The van der Waals surface area contributed by atoms with Gasteiger partial charge in [-0.2, -0.15) is 0 Å². The first-order valence-corrected chi connectivity index (χ1v) is 6.36.